The van der Waals surface area contributed by atoms with Gasteiger partial charge in [0.25, 0.3) is 0 Å². The first-order valence-corrected chi connectivity index (χ1v) is 6.53. The van der Waals surface area contributed by atoms with E-state index in [0.29, 0.717) is 19.5 Å². The zero-order valence-electron chi connectivity index (χ0n) is 11.5. The molecule has 0 saturated heterocycles. The van der Waals surface area contributed by atoms with Crippen LogP contribution < -0.4 is 15.4 Å². The molecule has 1 aromatic rings. The van der Waals surface area contributed by atoms with Crippen molar-refractivity contribution in [3.05, 3.63) is 30.3 Å². The number of urea groups is 1. The number of carboxylic acids is 1. The Morgan fingerprint density at radius 3 is 2.60 bits per heavy atom. The van der Waals surface area contributed by atoms with Gasteiger partial charge in [-0.05, 0) is 25.5 Å². The molecule has 6 nitrogen and oxygen atoms in total. The van der Waals surface area contributed by atoms with Crippen molar-refractivity contribution in [1.29, 1.82) is 0 Å². The molecule has 0 aliphatic rings. The van der Waals surface area contributed by atoms with E-state index in [0.717, 1.165) is 5.75 Å². The molecule has 0 fully saturated rings. The highest BCUT2D eigenvalue weighted by Crippen LogP contribution is 2.10. The molecular weight excluding hydrogens is 260 g/mol. The van der Waals surface area contributed by atoms with Crippen LogP contribution in [0.25, 0.3) is 0 Å². The number of hydrogen-bond acceptors (Lipinski definition) is 3. The van der Waals surface area contributed by atoms with Crippen LogP contribution in [-0.2, 0) is 4.79 Å². The Balaban J connectivity index is 2.12. The van der Waals surface area contributed by atoms with Crippen molar-refractivity contribution < 1.29 is 19.4 Å². The molecule has 1 unspecified atom stereocenters. The number of benzene rings is 1. The quantitative estimate of drug-likeness (QED) is 0.631. The van der Waals surface area contributed by atoms with Gasteiger partial charge in [-0.2, -0.15) is 0 Å². The molecule has 0 aliphatic heterocycles. The normalized spacial score (nSPS) is 11.4. The molecule has 0 saturated carbocycles. The fourth-order valence-corrected chi connectivity index (χ4v) is 1.51. The summed E-state index contributed by atoms with van der Waals surface area (Å²) in [5.41, 5.74) is 0. The molecule has 1 aromatic carbocycles. The number of carboxylic acid groups (broad SMARTS) is 1. The molecule has 20 heavy (non-hydrogen) atoms. The van der Waals surface area contributed by atoms with Crippen molar-refractivity contribution in [3.8, 4) is 5.75 Å². The van der Waals surface area contributed by atoms with Crippen LogP contribution in [0.15, 0.2) is 30.3 Å². The fraction of sp³-hybridized carbons (Fsp3) is 0.429. The van der Waals surface area contributed by atoms with Gasteiger partial charge < -0.3 is 20.5 Å². The summed E-state index contributed by atoms with van der Waals surface area (Å²) in [6, 6.07) is 9.04. The van der Waals surface area contributed by atoms with Crippen LogP contribution in [0, 0.1) is 0 Å². The predicted molar refractivity (Wildman–Crippen MR) is 74.8 cm³/mol. The highest BCUT2D eigenvalue weighted by Gasteiger charge is 2.06. The Kier molecular flexibility index (Phi) is 6.95. The molecule has 2 amide bonds. The maximum Gasteiger partial charge on any atom is 0.314 e. The van der Waals surface area contributed by atoms with Gasteiger partial charge in [0.15, 0.2) is 0 Å². The largest absolute Gasteiger partial charge is 0.489 e. The second kappa shape index (κ2) is 8.79. The van der Waals surface area contributed by atoms with Crippen LogP contribution in [0.3, 0.4) is 0 Å². The van der Waals surface area contributed by atoms with E-state index in [9.17, 15) is 9.59 Å². The zero-order chi connectivity index (χ0) is 14.8. The molecule has 0 bridgehead atoms. The number of aliphatic carboxylic acids is 1. The minimum Gasteiger partial charge on any atom is -0.489 e. The lowest BCUT2D eigenvalue weighted by Gasteiger charge is -2.15. The second-order valence-electron chi connectivity index (χ2n) is 4.38. The highest BCUT2D eigenvalue weighted by atomic mass is 16.5. The molecule has 1 rings (SSSR count). The van der Waals surface area contributed by atoms with Crippen LogP contribution in [0.2, 0.25) is 0 Å². The molecule has 6 heteroatoms. The number of hydrogen-bond donors (Lipinski definition) is 3. The topological polar surface area (TPSA) is 87.7 Å². The van der Waals surface area contributed by atoms with Crippen molar-refractivity contribution in [1.82, 2.24) is 10.6 Å². The van der Waals surface area contributed by atoms with Gasteiger partial charge in [0.1, 0.15) is 11.9 Å². The monoisotopic (exact) mass is 280 g/mol. The van der Waals surface area contributed by atoms with Crippen molar-refractivity contribution in [2.24, 2.45) is 0 Å². The van der Waals surface area contributed by atoms with E-state index in [2.05, 4.69) is 10.6 Å². The Bertz CT molecular complexity index is 422. The van der Waals surface area contributed by atoms with E-state index in [1.165, 1.54) is 0 Å². The number of nitrogens with one attached hydrogen (secondary N) is 2. The lowest BCUT2D eigenvalue weighted by Crippen LogP contribution is -2.40. The summed E-state index contributed by atoms with van der Waals surface area (Å²) in [6.07, 6.45) is 0.314. The summed E-state index contributed by atoms with van der Waals surface area (Å²) in [4.78, 5) is 21.7. The molecule has 0 heterocycles. The summed E-state index contributed by atoms with van der Waals surface area (Å²) < 4.78 is 5.60. The third-order valence-corrected chi connectivity index (χ3v) is 2.48. The molecule has 3 N–H and O–H groups in total. The number of para-hydroxylation sites is 1. The molecular formula is C14H20N2O4. The Labute approximate surface area is 118 Å². The molecule has 0 aromatic heterocycles. The first kappa shape index (κ1) is 15.8. The van der Waals surface area contributed by atoms with E-state index < -0.39 is 5.97 Å². The number of amides is 2. The first-order valence-electron chi connectivity index (χ1n) is 6.53. The smallest absolute Gasteiger partial charge is 0.314 e. The van der Waals surface area contributed by atoms with Crippen LogP contribution in [0.1, 0.15) is 19.8 Å². The first-order chi connectivity index (χ1) is 9.58. The molecule has 1 atom stereocenters. The summed E-state index contributed by atoms with van der Waals surface area (Å²) in [7, 11) is 0. The van der Waals surface area contributed by atoms with Gasteiger partial charge >= 0.3 is 12.0 Å². The zero-order valence-corrected chi connectivity index (χ0v) is 11.5. The standard InChI is InChI=1S/C14H20N2O4/c1-11(20-12-6-3-2-4-7-12)10-16-14(19)15-9-5-8-13(17)18/h2-4,6-7,11H,5,8-10H2,1H3,(H,17,18)(H2,15,16,19). The van der Waals surface area contributed by atoms with Crippen molar-refractivity contribution in [3.63, 3.8) is 0 Å². The summed E-state index contributed by atoms with van der Waals surface area (Å²) in [5, 5.41) is 13.7. The summed E-state index contributed by atoms with van der Waals surface area (Å²) in [6.45, 7) is 2.57. The molecule has 110 valence electrons. The van der Waals surface area contributed by atoms with Gasteiger partial charge in [-0.3, -0.25) is 4.79 Å². The third-order valence-electron chi connectivity index (χ3n) is 2.48. The summed E-state index contributed by atoms with van der Waals surface area (Å²) in [5.74, 6) is -0.110. The van der Waals surface area contributed by atoms with Gasteiger partial charge in [0, 0.05) is 13.0 Å². The van der Waals surface area contributed by atoms with E-state index in [4.69, 9.17) is 9.84 Å². The Morgan fingerprint density at radius 1 is 1.25 bits per heavy atom. The SMILES string of the molecule is CC(CNC(=O)NCCCC(=O)O)Oc1ccccc1. The van der Waals surface area contributed by atoms with Gasteiger partial charge in [0.2, 0.25) is 0 Å². The van der Waals surface area contributed by atoms with Gasteiger partial charge in [-0.15, -0.1) is 0 Å². The number of ether oxygens (including phenoxy) is 1. The Morgan fingerprint density at radius 2 is 1.95 bits per heavy atom. The molecule has 0 spiro atoms. The van der Waals surface area contributed by atoms with E-state index in [-0.39, 0.29) is 18.6 Å². The van der Waals surface area contributed by atoms with Gasteiger partial charge in [-0.25, -0.2) is 4.79 Å². The minimum atomic E-state index is -0.864. The highest BCUT2D eigenvalue weighted by molar-refractivity contribution is 5.73. The van der Waals surface area contributed by atoms with Crippen molar-refractivity contribution >= 4 is 12.0 Å². The van der Waals surface area contributed by atoms with Crippen LogP contribution in [0.5, 0.6) is 5.75 Å². The van der Waals surface area contributed by atoms with E-state index in [1.54, 1.807) is 0 Å². The van der Waals surface area contributed by atoms with Crippen molar-refractivity contribution in [2.45, 2.75) is 25.9 Å². The maximum atomic E-state index is 11.4. The predicted octanol–water partition coefficient (Wildman–Crippen LogP) is 1.62. The second-order valence-corrected chi connectivity index (χ2v) is 4.38. The number of carbonyl (C=O) groups excluding carboxylic acids is 1. The molecule has 0 radical (unpaired) electrons. The fourth-order valence-electron chi connectivity index (χ4n) is 1.51. The lowest BCUT2D eigenvalue weighted by atomic mass is 10.3. The average molecular weight is 280 g/mol. The number of carbonyl (C=O) groups is 2. The Hall–Kier alpha value is -2.24. The van der Waals surface area contributed by atoms with Gasteiger partial charge in [-0.1, -0.05) is 18.2 Å². The van der Waals surface area contributed by atoms with Gasteiger partial charge in [0.05, 0.1) is 6.54 Å². The number of rotatable bonds is 8. The van der Waals surface area contributed by atoms with Crippen LogP contribution in [0.4, 0.5) is 4.79 Å². The average Bonchev–Trinajstić information content (AvgIpc) is 2.42. The lowest BCUT2D eigenvalue weighted by molar-refractivity contribution is -0.137. The minimum absolute atomic E-state index is 0.0494. The van der Waals surface area contributed by atoms with Crippen LogP contribution >= 0.6 is 0 Å². The third kappa shape index (κ3) is 7.25. The van der Waals surface area contributed by atoms with E-state index in [1.807, 2.05) is 37.3 Å². The maximum absolute atomic E-state index is 11.4. The van der Waals surface area contributed by atoms with E-state index >= 15 is 0 Å². The summed E-state index contributed by atoms with van der Waals surface area (Å²) >= 11 is 0. The molecule has 0 aliphatic carbocycles. The van der Waals surface area contributed by atoms with Crippen LogP contribution in [-0.4, -0.2) is 36.3 Å². The van der Waals surface area contributed by atoms with Crippen molar-refractivity contribution in [2.75, 3.05) is 13.1 Å².